The van der Waals surface area contributed by atoms with Crippen molar-refractivity contribution in [3.05, 3.63) is 94.8 Å². The summed E-state index contributed by atoms with van der Waals surface area (Å²) in [6.45, 7) is 2.28. The molecular weight excluding hydrogens is 404 g/mol. The molecule has 3 aliphatic rings. The number of aliphatic hydroxyl groups is 3. The van der Waals surface area contributed by atoms with Crippen LogP contribution in [0.3, 0.4) is 0 Å². The zero-order valence-corrected chi connectivity index (χ0v) is 17.6. The van der Waals surface area contributed by atoms with E-state index in [2.05, 4.69) is 52.5 Å². The zero-order chi connectivity index (χ0) is 22.2. The molecule has 0 aliphatic heterocycles. The molecule has 32 heavy (non-hydrogen) atoms. The van der Waals surface area contributed by atoms with Crippen LogP contribution in [0.2, 0.25) is 0 Å². The Morgan fingerprint density at radius 2 is 1.97 bits per heavy atom. The van der Waals surface area contributed by atoms with Crippen LogP contribution in [0.25, 0.3) is 17.3 Å². The van der Waals surface area contributed by atoms with E-state index >= 15 is 0 Å². The maximum atomic E-state index is 10.4. The van der Waals surface area contributed by atoms with Crippen LogP contribution in [-0.4, -0.2) is 38.0 Å². The van der Waals surface area contributed by atoms with E-state index in [1.54, 1.807) is 6.07 Å². The standard InChI is InChI=1S/C26H24N2O4/c1-2-32-24-14-21(27-26(28-24)25-22(30)12-20(29)13-23(25)31)18-8-7-17-9-15-5-3-4-6-16(15)10-19(17)11-18/h3-8,10-15,22,25,29-31H,2,9H2,1H3. The van der Waals surface area contributed by atoms with E-state index in [-0.39, 0.29) is 17.3 Å². The first-order valence-corrected chi connectivity index (χ1v) is 10.7. The van der Waals surface area contributed by atoms with Crippen LogP contribution in [0.1, 0.15) is 29.8 Å². The van der Waals surface area contributed by atoms with Crippen LogP contribution in [0.4, 0.5) is 0 Å². The molecule has 6 nitrogen and oxygen atoms in total. The molecule has 6 heteroatoms. The lowest BCUT2D eigenvalue weighted by Crippen LogP contribution is -2.24. The molecule has 162 valence electrons. The lowest BCUT2D eigenvalue weighted by atomic mass is 9.81. The minimum atomic E-state index is -1.15. The molecule has 1 aromatic heterocycles. The fourth-order valence-electron chi connectivity index (χ4n) is 4.40. The van der Waals surface area contributed by atoms with E-state index in [1.165, 1.54) is 23.3 Å². The molecule has 0 fully saturated rings. The number of hydrogen-bond acceptors (Lipinski definition) is 6. The van der Waals surface area contributed by atoms with Crippen LogP contribution in [0.5, 0.6) is 5.88 Å². The third kappa shape index (κ3) is 3.74. The van der Waals surface area contributed by atoms with Crippen molar-refractivity contribution in [1.29, 1.82) is 0 Å². The predicted molar refractivity (Wildman–Crippen MR) is 122 cm³/mol. The van der Waals surface area contributed by atoms with E-state index < -0.39 is 12.0 Å². The topological polar surface area (TPSA) is 95.7 Å². The molecule has 3 atom stereocenters. The van der Waals surface area contributed by atoms with Crippen molar-refractivity contribution in [3.63, 3.8) is 0 Å². The summed E-state index contributed by atoms with van der Waals surface area (Å²) in [6, 6.07) is 8.02. The molecule has 1 heterocycles. The fourth-order valence-corrected chi connectivity index (χ4v) is 4.40. The molecule has 3 unspecified atom stereocenters. The number of fused-ring (bicyclic) bond motifs is 2. The molecular formula is C26H24N2O4. The van der Waals surface area contributed by atoms with Gasteiger partial charge in [-0.3, -0.25) is 0 Å². The third-order valence-corrected chi connectivity index (χ3v) is 5.96. The van der Waals surface area contributed by atoms with E-state index in [4.69, 9.17) is 4.74 Å². The third-order valence-electron chi connectivity index (χ3n) is 5.96. The number of rotatable bonds is 4. The fraction of sp³-hybridized carbons (Fsp3) is 0.231. The molecule has 1 aromatic carbocycles. The summed E-state index contributed by atoms with van der Waals surface area (Å²) in [5.74, 6) is -0.268. The van der Waals surface area contributed by atoms with Crippen molar-refractivity contribution in [2.24, 2.45) is 5.92 Å². The van der Waals surface area contributed by atoms with Gasteiger partial charge in [0.15, 0.2) is 0 Å². The van der Waals surface area contributed by atoms with Crippen LogP contribution >= 0.6 is 0 Å². The van der Waals surface area contributed by atoms with E-state index in [0.29, 0.717) is 24.1 Å². The molecule has 0 amide bonds. The van der Waals surface area contributed by atoms with Crippen molar-refractivity contribution in [1.82, 2.24) is 9.97 Å². The monoisotopic (exact) mass is 428 g/mol. The van der Waals surface area contributed by atoms with Gasteiger partial charge < -0.3 is 20.1 Å². The van der Waals surface area contributed by atoms with Gasteiger partial charge in [0, 0.05) is 23.6 Å². The maximum Gasteiger partial charge on any atom is 0.217 e. The molecule has 0 radical (unpaired) electrons. The van der Waals surface area contributed by atoms with Gasteiger partial charge in [-0.15, -0.1) is 0 Å². The van der Waals surface area contributed by atoms with Crippen molar-refractivity contribution in [3.8, 4) is 17.1 Å². The van der Waals surface area contributed by atoms with Crippen LogP contribution in [-0.2, 0) is 6.42 Å². The Morgan fingerprint density at radius 3 is 2.78 bits per heavy atom. The highest BCUT2D eigenvalue weighted by Gasteiger charge is 2.31. The highest BCUT2D eigenvalue weighted by Crippen LogP contribution is 2.36. The molecule has 0 saturated carbocycles. The summed E-state index contributed by atoms with van der Waals surface area (Å²) >= 11 is 0. The average Bonchev–Trinajstić information content (AvgIpc) is 2.76. The highest BCUT2D eigenvalue weighted by molar-refractivity contribution is 5.71. The van der Waals surface area contributed by atoms with Gasteiger partial charge in [-0.2, -0.15) is 4.98 Å². The van der Waals surface area contributed by atoms with E-state index in [1.807, 2.05) is 13.0 Å². The van der Waals surface area contributed by atoms with Gasteiger partial charge in [0.2, 0.25) is 5.88 Å². The zero-order valence-electron chi connectivity index (χ0n) is 17.6. The van der Waals surface area contributed by atoms with Crippen LogP contribution < -0.4 is 4.74 Å². The normalized spacial score (nSPS) is 23.6. The molecule has 3 aliphatic carbocycles. The lowest BCUT2D eigenvalue weighted by molar-refractivity contribution is 0.163. The Balaban J connectivity index is 1.56. The molecule has 0 saturated heterocycles. The van der Waals surface area contributed by atoms with Crippen molar-refractivity contribution < 1.29 is 20.1 Å². The second-order valence-electron chi connectivity index (χ2n) is 8.12. The van der Waals surface area contributed by atoms with Crippen LogP contribution in [0.15, 0.2) is 77.8 Å². The predicted octanol–water partition coefficient (Wildman–Crippen LogP) is 4.57. The summed E-state index contributed by atoms with van der Waals surface area (Å²) in [6.07, 6.45) is 13.0. The first kappa shape index (κ1) is 20.3. The summed E-state index contributed by atoms with van der Waals surface area (Å²) in [5, 5.41) is 30.5. The van der Waals surface area contributed by atoms with Gasteiger partial charge in [-0.05, 0) is 42.2 Å². The number of allylic oxidation sites excluding steroid dienone is 6. The van der Waals surface area contributed by atoms with Gasteiger partial charge >= 0.3 is 0 Å². The Labute approximate surface area is 186 Å². The second-order valence-corrected chi connectivity index (χ2v) is 8.12. The Kier molecular flexibility index (Phi) is 5.15. The lowest BCUT2D eigenvalue weighted by Gasteiger charge is -2.24. The number of hydrogen-bond donors (Lipinski definition) is 3. The number of aromatic nitrogens is 2. The van der Waals surface area contributed by atoms with Crippen molar-refractivity contribution >= 4 is 6.08 Å². The smallest absolute Gasteiger partial charge is 0.217 e. The van der Waals surface area contributed by atoms with E-state index in [9.17, 15) is 15.3 Å². The summed E-state index contributed by atoms with van der Waals surface area (Å²) in [5.41, 5.74) is 5.26. The molecule has 3 N–H and O–H groups in total. The SMILES string of the molecule is CCOc1cc(-c2ccc3c(c2)C=C2C=CC=CC2C3)nc(C2C(O)=CC(O)=CC2O)n1. The molecule has 5 rings (SSSR count). The summed E-state index contributed by atoms with van der Waals surface area (Å²) in [4.78, 5) is 9.06. The quantitative estimate of drug-likeness (QED) is 0.660. The van der Waals surface area contributed by atoms with Gasteiger partial charge in [-0.25, -0.2) is 4.98 Å². The molecule has 0 spiro atoms. The van der Waals surface area contributed by atoms with Gasteiger partial charge in [0.1, 0.15) is 23.3 Å². The molecule has 2 aromatic rings. The number of nitrogens with zero attached hydrogens (tertiary/aromatic N) is 2. The van der Waals surface area contributed by atoms with Crippen LogP contribution in [0, 0.1) is 5.92 Å². The Morgan fingerprint density at radius 1 is 1.09 bits per heavy atom. The highest BCUT2D eigenvalue weighted by atomic mass is 16.5. The number of benzene rings is 1. The van der Waals surface area contributed by atoms with Gasteiger partial charge in [-0.1, -0.05) is 42.5 Å². The summed E-state index contributed by atoms with van der Waals surface area (Å²) in [7, 11) is 0. The maximum absolute atomic E-state index is 10.4. The van der Waals surface area contributed by atoms with Gasteiger partial charge in [0.05, 0.1) is 18.4 Å². The number of ether oxygens (including phenoxy) is 1. The first-order chi connectivity index (χ1) is 15.5. The Bertz CT molecular complexity index is 1220. The second kappa shape index (κ2) is 8.13. The number of aliphatic hydroxyl groups excluding tert-OH is 3. The van der Waals surface area contributed by atoms with E-state index in [0.717, 1.165) is 17.5 Å². The largest absolute Gasteiger partial charge is 0.511 e. The van der Waals surface area contributed by atoms with Crippen molar-refractivity contribution in [2.75, 3.05) is 6.61 Å². The van der Waals surface area contributed by atoms with Crippen molar-refractivity contribution in [2.45, 2.75) is 25.4 Å². The minimum Gasteiger partial charge on any atom is -0.511 e. The first-order valence-electron chi connectivity index (χ1n) is 10.7. The average molecular weight is 428 g/mol. The Hall–Kier alpha value is -3.64. The minimum absolute atomic E-state index is 0.194. The molecule has 0 bridgehead atoms. The summed E-state index contributed by atoms with van der Waals surface area (Å²) < 4.78 is 5.65. The van der Waals surface area contributed by atoms with Gasteiger partial charge in [0.25, 0.3) is 0 Å².